The number of aliphatic hydroxyl groups excluding tert-OH is 1. The average Bonchev–Trinajstić information content (AvgIpc) is 3.03. The Balaban J connectivity index is 1.79. The van der Waals surface area contributed by atoms with E-state index >= 15 is 0 Å². The van der Waals surface area contributed by atoms with Crippen LogP contribution in [-0.4, -0.2) is 17.1 Å². The van der Waals surface area contributed by atoms with Crippen molar-refractivity contribution in [2.45, 2.75) is 38.3 Å². The minimum absolute atomic E-state index is 0.0970. The highest BCUT2D eigenvalue weighted by Gasteiger charge is 2.16. The largest absolute Gasteiger partial charge is 0.467 e. The SMILES string of the molecule is C[C@H](C[C@H](O)c1ccco1)NC(=O)CCc1cccc(Cl)c1Cl. The van der Waals surface area contributed by atoms with E-state index in [0.717, 1.165) is 5.56 Å². The highest BCUT2D eigenvalue weighted by Crippen LogP contribution is 2.26. The van der Waals surface area contributed by atoms with Gasteiger partial charge in [-0.05, 0) is 37.1 Å². The Morgan fingerprint density at radius 2 is 2.09 bits per heavy atom. The number of carbonyl (C=O) groups excluding carboxylic acids is 1. The van der Waals surface area contributed by atoms with Crippen LogP contribution in [0.5, 0.6) is 0 Å². The molecule has 0 unspecified atom stereocenters. The van der Waals surface area contributed by atoms with Gasteiger partial charge in [0.25, 0.3) is 0 Å². The number of hydrogen-bond acceptors (Lipinski definition) is 3. The summed E-state index contributed by atoms with van der Waals surface area (Å²) in [6, 6.07) is 8.63. The molecule has 23 heavy (non-hydrogen) atoms. The van der Waals surface area contributed by atoms with Crippen LogP contribution < -0.4 is 5.32 Å². The smallest absolute Gasteiger partial charge is 0.220 e. The van der Waals surface area contributed by atoms with Crippen LogP contribution in [-0.2, 0) is 11.2 Å². The fourth-order valence-corrected chi connectivity index (χ4v) is 2.74. The number of furan rings is 1. The minimum Gasteiger partial charge on any atom is -0.467 e. The Morgan fingerprint density at radius 3 is 2.78 bits per heavy atom. The van der Waals surface area contributed by atoms with E-state index in [-0.39, 0.29) is 11.9 Å². The Morgan fingerprint density at radius 1 is 1.30 bits per heavy atom. The predicted octanol–water partition coefficient (Wildman–Crippen LogP) is 4.15. The van der Waals surface area contributed by atoms with E-state index in [1.165, 1.54) is 6.26 Å². The number of aliphatic hydroxyl groups is 1. The summed E-state index contributed by atoms with van der Waals surface area (Å²) < 4.78 is 5.14. The van der Waals surface area contributed by atoms with Gasteiger partial charge in [0.2, 0.25) is 5.91 Å². The summed E-state index contributed by atoms with van der Waals surface area (Å²) >= 11 is 12.1. The second kappa shape index (κ2) is 8.39. The zero-order valence-electron chi connectivity index (χ0n) is 12.8. The van der Waals surface area contributed by atoms with Gasteiger partial charge in [0.05, 0.1) is 16.3 Å². The highest BCUT2D eigenvalue weighted by atomic mass is 35.5. The van der Waals surface area contributed by atoms with Gasteiger partial charge >= 0.3 is 0 Å². The van der Waals surface area contributed by atoms with Crippen LogP contribution in [0.2, 0.25) is 10.0 Å². The number of aryl methyl sites for hydroxylation is 1. The lowest BCUT2D eigenvalue weighted by atomic mass is 10.1. The molecule has 0 fully saturated rings. The maximum Gasteiger partial charge on any atom is 0.220 e. The van der Waals surface area contributed by atoms with Crippen molar-refractivity contribution in [1.82, 2.24) is 5.32 Å². The molecule has 124 valence electrons. The molecule has 2 atom stereocenters. The van der Waals surface area contributed by atoms with Crippen LogP contribution >= 0.6 is 23.2 Å². The first-order valence-electron chi connectivity index (χ1n) is 7.41. The van der Waals surface area contributed by atoms with Gasteiger partial charge in [0.1, 0.15) is 11.9 Å². The number of halogens is 2. The maximum atomic E-state index is 12.0. The molecule has 1 aromatic heterocycles. The number of rotatable bonds is 7. The van der Waals surface area contributed by atoms with Crippen molar-refractivity contribution in [3.8, 4) is 0 Å². The molecule has 0 radical (unpaired) electrons. The molecule has 1 amide bonds. The van der Waals surface area contributed by atoms with Crippen LogP contribution in [0.1, 0.15) is 37.2 Å². The first-order valence-corrected chi connectivity index (χ1v) is 8.16. The number of benzene rings is 1. The molecule has 0 aliphatic heterocycles. The van der Waals surface area contributed by atoms with Crippen molar-refractivity contribution in [3.05, 3.63) is 58.0 Å². The summed E-state index contributed by atoms with van der Waals surface area (Å²) in [6.45, 7) is 1.84. The van der Waals surface area contributed by atoms with Crippen LogP contribution in [0.4, 0.5) is 0 Å². The molecule has 4 nitrogen and oxygen atoms in total. The van der Waals surface area contributed by atoms with Crippen molar-refractivity contribution in [2.24, 2.45) is 0 Å². The van der Waals surface area contributed by atoms with Crippen molar-refractivity contribution in [1.29, 1.82) is 0 Å². The van der Waals surface area contributed by atoms with Crippen LogP contribution in [0.15, 0.2) is 41.0 Å². The van der Waals surface area contributed by atoms with Crippen molar-refractivity contribution < 1.29 is 14.3 Å². The predicted molar refractivity (Wildman–Crippen MR) is 90.7 cm³/mol. The molecular formula is C17H19Cl2NO3. The van der Waals surface area contributed by atoms with Crippen molar-refractivity contribution >= 4 is 29.1 Å². The summed E-state index contributed by atoms with van der Waals surface area (Å²) in [7, 11) is 0. The van der Waals surface area contributed by atoms with E-state index in [4.69, 9.17) is 27.6 Å². The lowest BCUT2D eigenvalue weighted by molar-refractivity contribution is -0.121. The lowest BCUT2D eigenvalue weighted by Gasteiger charge is -2.17. The molecule has 6 heteroatoms. The van der Waals surface area contributed by atoms with E-state index < -0.39 is 6.10 Å². The van der Waals surface area contributed by atoms with E-state index in [1.54, 1.807) is 18.2 Å². The topological polar surface area (TPSA) is 62.5 Å². The monoisotopic (exact) mass is 355 g/mol. The zero-order chi connectivity index (χ0) is 16.8. The fourth-order valence-electron chi connectivity index (χ4n) is 2.33. The van der Waals surface area contributed by atoms with Gasteiger partial charge in [0, 0.05) is 18.9 Å². The quantitative estimate of drug-likeness (QED) is 0.784. The summed E-state index contributed by atoms with van der Waals surface area (Å²) in [5.74, 6) is 0.400. The molecule has 0 bridgehead atoms. The van der Waals surface area contributed by atoms with Gasteiger partial charge in [0.15, 0.2) is 0 Å². The van der Waals surface area contributed by atoms with E-state index in [1.807, 2.05) is 19.1 Å². The van der Waals surface area contributed by atoms with E-state index in [2.05, 4.69) is 5.32 Å². The second-order valence-electron chi connectivity index (χ2n) is 5.45. The molecular weight excluding hydrogens is 337 g/mol. The lowest BCUT2D eigenvalue weighted by Crippen LogP contribution is -2.33. The third kappa shape index (κ3) is 5.27. The molecule has 0 saturated heterocycles. The summed E-state index contributed by atoms with van der Waals surface area (Å²) in [5, 5.41) is 13.8. The zero-order valence-corrected chi connectivity index (χ0v) is 14.3. The average molecular weight is 356 g/mol. The van der Waals surface area contributed by atoms with E-state index in [0.29, 0.717) is 35.1 Å². The number of amides is 1. The summed E-state index contributed by atoms with van der Waals surface area (Å²) in [5.41, 5.74) is 0.845. The first-order chi connectivity index (χ1) is 11.0. The molecule has 1 heterocycles. The normalized spacial score (nSPS) is 13.6. The fraction of sp³-hybridized carbons (Fsp3) is 0.353. The van der Waals surface area contributed by atoms with Gasteiger partial charge in [-0.3, -0.25) is 4.79 Å². The summed E-state index contributed by atoms with van der Waals surface area (Å²) in [4.78, 5) is 12.0. The van der Waals surface area contributed by atoms with Gasteiger partial charge in [-0.2, -0.15) is 0 Å². The van der Waals surface area contributed by atoms with Crippen molar-refractivity contribution in [2.75, 3.05) is 0 Å². The number of hydrogen-bond donors (Lipinski definition) is 2. The molecule has 0 saturated carbocycles. The van der Waals surface area contributed by atoms with Gasteiger partial charge in [-0.1, -0.05) is 35.3 Å². The molecule has 0 aliphatic carbocycles. The Labute approximate surface area is 145 Å². The van der Waals surface area contributed by atoms with Crippen LogP contribution in [0, 0.1) is 0 Å². The highest BCUT2D eigenvalue weighted by molar-refractivity contribution is 6.42. The van der Waals surface area contributed by atoms with Gasteiger partial charge in [-0.15, -0.1) is 0 Å². The molecule has 2 N–H and O–H groups in total. The van der Waals surface area contributed by atoms with Crippen LogP contribution in [0.25, 0.3) is 0 Å². The number of carbonyl (C=O) groups is 1. The third-order valence-corrected chi connectivity index (χ3v) is 4.37. The van der Waals surface area contributed by atoms with E-state index in [9.17, 15) is 9.90 Å². The Kier molecular flexibility index (Phi) is 6.51. The molecule has 2 aromatic rings. The Hall–Kier alpha value is -1.49. The Bertz CT molecular complexity index is 643. The second-order valence-corrected chi connectivity index (χ2v) is 6.23. The molecule has 2 rings (SSSR count). The third-order valence-electron chi connectivity index (χ3n) is 3.51. The molecule has 0 aliphatic rings. The maximum absolute atomic E-state index is 12.0. The minimum atomic E-state index is -0.734. The standard InChI is InChI=1S/C17H19Cl2NO3/c1-11(10-14(21)15-6-3-9-23-15)20-16(22)8-7-12-4-2-5-13(18)17(12)19/h2-6,9,11,14,21H,7-8,10H2,1H3,(H,20,22)/t11-,14+/m1/s1. The molecule has 1 aromatic carbocycles. The van der Waals surface area contributed by atoms with Crippen LogP contribution in [0.3, 0.4) is 0 Å². The van der Waals surface area contributed by atoms with Gasteiger partial charge < -0.3 is 14.8 Å². The van der Waals surface area contributed by atoms with Crippen molar-refractivity contribution in [3.63, 3.8) is 0 Å². The summed E-state index contributed by atoms with van der Waals surface area (Å²) in [6.07, 6.45) is 1.98. The first kappa shape index (κ1) is 17.9. The molecule has 0 spiro atoms. The number of nitrogens with one attached hydrogen (secondary N) is 1. The van der Waals surface area contributed by atoms with Gasteiger partial charge in [-0.25, -0.2) is 0 Å².